The van der Waals surface area contributed by atoms with E-state index in [1.807, 2.05) is 56.3 Å². The van der Waals surface area contributed by atoms with Crippen LogP contribution in [-0.4, -0.2) is 40.2 Å². The van der Waals surface area contributed by atoms with Gasteiger partial charge in [-0.1, -0.05) is 41.9 Å². The van der Waals surface area contributed by atoms with E-state index in [4.69, 9.17) is 21.1 Å². The Balaban J connectivity index is 1.58. The van der Waals surface area contributed by atoms with Gasteiger partial charge in [0, 0.05) is 17.1 Å². The Morgan fingerprint density at radius 3 is 2.59 bits per heavy atom. The van der Waals surface area contributed by atoms with Crippen molar-refractivity contribution in [2.75, 3.05) is 13.2 Å². The van der Waals surface area contributed by atoms with Gasteiger partial charge in [-0.05, 0) is 73.6 Å². The summed E-state index contributed by atoms with van der Waals surface area (Å²) < 4.78 is 11.8. The van der Waals surface area contributed by atoms with Gasteiger partial charge in [0.05, 0.1) is 22.8 Å². The fraction of sp³-hybridized carbons (Fsp3) is 0.179. The van der Waals surface area contributed by atoms with E-state index in [2.05, 4.69) is 4.99 Å². The van der Waals surface area contributed by atoms with Gasteiger partial charge in [-0.15, -0.1) is 0 Å². The number of benzene rings is 3. The molecule has 0 saturated carbocycles. The molecule has 3 aromatic rings. The molecule has 1 aliphatic rings. The molecule has 1 N–H and O–H groups in total. The molecule has 37 heavy (non-hydrogen) atoms. The quantitative estimate of drug-likeness (QED) is 0.308. The maximum Gasteiger partial charge on any atom is 0.335 e. The van der Waals surface area contributed by atoms with Crippen molar-refractivity contribution in [3.63, 3.8) is 0 Å². The lowest BCUT2D eigenvalue weighted by Gasteiger charge is -2.13. The zero-order valence-corrected chi connectivity index (χ0v) is 21.9. The summed E-state index contributed by atoms with van der Waals surface area (Å²) >= 11 is 7.48. The van der Waals surface area contributed by atoms with E-state index in [1.54, 1.807) is 23.1 Å². The predicted octanol–water partition coefficient (Wildman–Crippen LogP) is 6.64. The molecule has 0 spiro atoms. The van der Waals surface area contributed by atoms with Crippen LogP contribution in [0.4, 0.5) is 5.69 Å². The van der Waals surface area contributed by atoms with Gasteiger partial charge >= 0.3 is 5.97 Å². The van der Waals surface area contributed by atoms with Gasteiger partial charge in [0.15, 0.2) is 16.7 Å². The molecule has 190 valence electrons. The lowest BCUT2D eigenvalue weighted by atomic mass is 10.1. The minimum atomic E-state index is -1.03. The molecule has 0 unspecified atom stereocenters. The van der Waals surface area contributed by atoms with E-state index in [0.717, 1.165) is 11.1 Å². The SMILES string of the molecule is CCOc1cc(/C=C2\SC(=Nc3cccc(C(=O)O)c3)N(CC)C2=O)ccc1OCc1ccccc1Cl. The van der Waals surface area contributed by atoms with Crippen molar-refractivity contribution in [1.29, 1.82) is 0 Å². The van der Waals surface area contributed by atoms with Crippen molar-refractivity contribution in [3.8, 4) is 11.5 Å². The number of rotatable bonds is 9. The Kier molecular flexibility index (Phi) is 8.53. The Morgan fingerprint density at radius 1 is 1.05 bits per heavy atom. The molecule has 0 radical (unpaired) electrons. The van der Waals surface area contributed by atoms with Gasteiger partial charge in [0.2, 0.25) is 0 Å². The second kappa shape index (κ2) is 12.0. The third-order valence-corrected chi connectivity index (χ3v) is 6.80. The fourth-order valence-corrected chi connectivity index (χ4v) is 4.87. The maximum absolute atomic E-state index is 13.1. The molecule has 7 nitrogen and oxygen atoms in total. The lowest BCUT2D eigenvalue weighted by Crippen LogP contribution is -2.28. The summed E-state index contributed by atoms with van der Waals surface area (Å²) in [7, 11) is 0. The van der Waals surface area contributed by atoms with Crippen molar-refractivity contribution in [3.05, 3.63) is 93.3 Å². The fourth-order valence-electron chi connectivity index (χ4n) is 3.61. The number of nitrogens with zero attached hydrogens (tertiary/aromatic N) is 2. The molecule has 0 bridgehead atoms. The highest BCUT2D eigenvalue weighted by Gasteiger charge is 2.32. The predicted molar refractivity (Wildman–Crippen MR) is 147 cm³/mol. The number of carbonyl (C=O) groups excluding carboxylic acids is 1. The number of ether oxygens (including phenoxy) is 2. The number of carboxylic acids is 1. The van der Waals surface area contributed by atoms with Crippen molar-refractivity contribution < 1.29 is 24.2 Å². The zero-order valence-electron chi connectivity index (χ0n) is 20.3. The van der Waals surface area contributed by atoms with Crippen LogP contribution in [0.25, 0.3) is 6.08 Å². The first-order chi connectivity index (χ1) is 17.9. The number of halogens is 1. The number of aromatic carboxylic acids is 1. The van der Waals surface area contributed by atoms with Crippen LogP contribution in [-0.2, 0) is 11.4 Å². The van der Waals surface area contributed by atoms with Gasteiger partial charge in [-0.3, -0.25) is 9.69 Å². The minimum absolute atomic E-state index is 0.135. The number of thioether (sulfide) groups is 1. The molecule has 1 saturated heterocycles. The van der Waals surface area contributed by atoms with Gasteiger partial charge in [-0.25, -0.2) is 9.79 Å². The van der Waals surface area contributed by atoms with E-state index in [9.17, 15) is 14.7 Å². The number of carboxylic acid groups (broad SMARTS) is 1. The molecule has 0 atom stereocenters. The smallest absolute Gasteiger partial charge is 0.335 e. The highest BCUT2D eigenvalue weighted by atomic mass is 35.5. The topological polar surface area (TPSA) is 88.4 Å². The molecular weight excluding hydrogens is 512 g/mol. The normalized spacial score (nSPS) is 15.4. The van der Waals surface area contributed by atoms with Crippen LogP contribution in [0, 0.1) is 0 Å². The summed E-state index contributed by atoms with van der Waals surface area (Å²) in [5.41, 5.74) is 2.24. The van der Waals surface area contributed by atoms with E-state index < -0.39 is 5.97 Å². The molecule has 9 heteroatoms. The summed E-state index contributed by atoms with van der Waals surface area (Å²) in [5.74, 6) is -0.0664. The number of amidine groups is 1. The van der Waals surface area contributed by atoms with Crippen molar-refractivity contribution in [2.45, 2.75) is 20.5 Å². The summed E-state index contributed by atoms with van der Waals surface area (Å²) in [6.07, 6.45) is 1.78. The number of hydrogen-bond donors (Lipinski definition) is 1. The Hall–Kier alpha value is -3.75. The molecular formula is C28H25ClN2O5S. The van der Waals surface area contributed by atoms with Crippen molar-refractivity contribution in [2.24, 2.45) is 4.99 Å². The molecule has 1 amide bonds. The van der Waals surface area contributed by atoms with Gasteiger partial charge in [-0.2, -0.15) is 0 Å². The highest BCUT2D eigenvalue weighted by Crippen LogP contribution is 2.36. The second-order valence-electron chi connectivity index (χ2n) is 7.93. The van der Waals surface area contributed by atoms with Crippen LogP contribution in [0.3, 0.4) is 0 Å². The average Bonchev–Trinajstić information content (AvgIpc) is 3.18. The van der Waals surface area contributed by atoms with Gasteiger partial charge in [0.1, 0.15) is 6.61 Å². The number of carbonyl (C=O) groups is 2. The van der Waals surface area contributed by atoms with Crippen LogP contribution in [0.1, 0.15) is 35.3 Å². The first-order valence-electron chi connectivity index (χ1n) is 11.7. The van der Waals surface area contributed by atoms with Crippen LogP contribution in [0.5, 0.6) is 11.5 Å². The van der Waals surface area contributed by atoms with Gasteiger partial charge in [0.25, 0.3) is 5.91 Å². The first-order valence-corrected chi connectivity index (χ1v) is 12.9. The van der Waals surface area contributed by atoms with E-state index in [1.165, 1.54) is 23.9 Å². The standard InChI is InChI=1S/C28H25ClN2O5S/c1-3-31-26(32)25(37-28(31)30-21-10-7-9-19(16-21)27(33)34)15-18-12-13-23(24(14-18)35-4-2)36-17-20-8-5-6-11-22(20)29/h5-16H,3-4,17H2,1-2H3,(H,33,34)/b25-15-,30-28?. The summed E-state index contributed by atoms with van der Waals surface area (Å²) in [5, 5.41) is 10.4. The number of likely N-dealkylation sites (N-methyl/N-ethyl adjacent to an activating group) is 1. The molecule has 0 aromatic heterocycles. The summed E-state index contributed by atoms with van der Waals surface area (Å²) in [4.78, 5) is 31.0. The van der Waals surface area contributed by atoms with Crippen LogP contribution >= 0.6 is 23.4 Å². The Labute approximate surface area is 224 Å². The average molecular weight is 537 g/mol. The Morgan fingerprint density at radius 2 is 1.86 bits per heavy atom. The molecule has 1 heterocycles. The van der Waals surface area contributed by atoms with Crippen LogP contribution < -0.4 is 9.47 Å². The molecule has 1 aliphatic heterocycles. The van der Waals surface area contributed by atoms with E-state index >= 15 is 0 Å². The number of hydrogen-bond acceptors (Lipinski definition) is 6. The first kappa shape index (κ1) is 26.3. The number of aliphatic imine (C=N–C) groups is 1. The Bertz CT molecular complexity index is 1390. The molecule has 0 aliphatic carbocycles. The molecule has 3 aromatic carbocycles. The zero-order chi connectivity index (χ0) is 26.4. The largest absolute Gasteiger partial charge is 0.490 e. The molecule has 4 rings (SSSR count). The van der Waals surface area contributed by atoms with Gasteiger partial charge < -0.3 is 14.6 Å². The van der Waals surface area contributed by atoms with E-state index in [0.29, 0.717) is 52.0 Å². The third-order valence-electron chi connectivity index (χ3n) is 5.43. The van der Waals surface area contributed by atoms with Crippen molar-refractivity contribution in [1.82, 2.24) is 4.90 Å². The van der Waals surface area contributed by atoms with Crippen LogP contribution in [0.2, 0.25) is 5.02 Å². The minimum Gasteiger partial charge on any atom is -0.490 e. The summed E-state index contributed by atoms with van der Waals surface area (Å²) in [6, 6.07) is 19.3. The third kappa shape index (κ3) is 6.34. The second-order valence-corrected chi connectivity index (χ2v) is 9.35. The molecule has 1 fully saturated rings. The van der Waals surface area contributed by atoms with Crippen LogP contribution in [0.15, 0.2) is 76.6 Å². The maximum atomic E-state index is 13.1. The highest BCUT2D eigenvalue weighted by molar-refractivity contribution is 8.18. The van der Waals surface area contributed by atoms with Crippen molar-refractivity contribution >= 4 is 52.2 Å². The summed E-state index contributed by atoms with van der Waals surface area (Å²) in [6.45, 7) is 4.93. The monoisotopic (exact) mass is 536 g/mol. The van der Waals surface area contributed by atoms with E-state index in [-0.39, 0.29) is 11.5 Å². The number of amides is 1. The lowest BCUT2D eigenvalue weighted by molar-refractivity contribution is -0.122.